The van der Waals surface area contributed by atoms with Gasteiger partial charge in [0.2, 0.25) is 11.8 Å². The van der Waals surface area contributed by atoms with Crippen molar-refractivity contribution in [1.29, 1.82) is 0 Å². The first-order valence-corrected chi connectivity index (χ1v) is 11.7. The summed E-state index contributed by atoms with van der Waals surface area (Å²) >= 11 is 0. The lowest BCUT2D eigenvalue weighted by atomic mass is 9.94. The van der Waals surface area contributed by atoms with Crippen molar-refractivity contribution in [2.75, 3.05) is 13.2 Å². The number of ether oxygens (including phenoxy) is 6. The van der Waals surface area contributed by atoms with Crippen LogP contribution >= 0.6 is 0 Å². The minimum absolute atomic E-state index is 0.501. The van der Waals surface area contributed by atoms with Gasteiger partial charge in [0.15, 0.2) is 24.8 Å². The van der Waals surface area contributed by atoms with E-state index in [0.717, 1.165) is 34.6 Å². The summed E-state index contributed by atoms with van der Waals surface area (Å²) < 4.78 is 32.8. The maximum atomic E-state index is 12.0. The van der Waals surface area contributed by atoms with E-state index >= 15 is 0 Å². The Balaban J connectivity index is 2.54. The highest BCUT2D eigenvalue weighted by atomic mass is 16.7. The quantitative estimate of drug-likeness (QED) is 0.139. The fourth-order valence-corrected chi connectivity index (χ4v) is 4.20. The van der Waals surface area contributed by atoms with Crippen molar-refractivity contribution in [3.8, 4) is 0 Å². The van der Waals surface area contributed by atoms with E-state index in [-0.39, 0.29) is 0 Å². The Bertz CT molecular complexity index is 884. The molecule has 2 amide bonds. The molecule has 0 aromatic heterocycles. The summed E-state index contributed by atoms with van der Waals surface area (Å²) in [6.45, 7) is 4.29. The third-order valence-corrected chi connectivity index (χ3v) is 5.61. The molecular formula is C22H34N2O14. The maximum absolute atomic E-state index is 12.0. The molecule has 0 aromatic carbocycles. The Morgan fingerprint density at radius 1 is 0.737 bits per heavy atom. The lowest BCUT2D eigenvalue weighted by molar-refractivity contribution is -0.329. The molecule has 0 aliphatic carbocycles. The molecule has 16 nitrogen and oxygen atoms in total. The zero-order valence-corrected chi connectivity index (χ0v) is 21.5. The van der Waals surface area contributed by atoms with Crippen molar-refractivity contribution in [2.45, 2.75) is 95.9 Å². The van der Waals surface area contributed by atoms with Gasteiger partial charge in [0.1, 0.15) is 43.1 Å². The number of aliphatic hydroxyl groups is 3. The monoisotopic (exact) mass is 550 g/mol. The van der Waals surface area contributed by atoms with Crippen LogP contribution in [0.25, 0.3) is 0 Å². The van der Waals surface area contributed by atoms with Crippen LogP contribution in [-0.2, 0) is 52.4 Å². The number of carbonyl (C=O) groups is 5. The van der Waals surface area contributed by atoms with Gasteiger partial charge in [-0.1, -0.05) is 0 Å². The molecule has 2 saturated heterocycles. The summed E-state index contributed by atoms with van der Waals surface area (Å²) in [5.74, 6) is -3.60. The van der Waals surface area contributed by atoms with E-state index in [1.807, 2.05) is 0 Å². The SMILES string of the molecule is CC(=O)N[C@@H]1[C@H](O[C@H]2[C@H](OC(C)=O)[C@H](NC(C)=O)[C@@H](O)O[C@@H]2COC(C)=O)O[C@H](CO)[C@@H](O)[C@@H]1OC(C)=O. The first kappa shape index (κ1) is 31.3. The highest BCUT2D eigenvalue weighted by Crippen LogP contribution is 2.31. The molecule has 10 atom stereocenters. The van der Waals surface area contributed by atoms with Crippen molar-refractivity contribution in [1.82, 2.24) is 10.6 Å². The molecule has 0 unspecified atom stereocenters. The second-order valence-electron chi connectivity index (χ2n) is 8.79. The van der Waals surface area contributed by atoms with Gasteiger partial charge in [-0.15, -0.1) is 0 Å². The largest absolute Gasteiger partial charge is 0.463 e. The smallest absolute Gasteiger partial charge is 0.303 e. The highest BCUT2D eigenvalue weighted by Gasteiger charge is 2.54. The standard InChI is InChI=1S/C22H34N2O14/c1-8(26)23-15-20(35-12(5)30)18(14(36-21(15)32)7-33-10(3)28)38-22-16(24-9(2)27)19(34-11(4)29)17(31)13(6-25)37-22/h13-22,25,31-32H,6-7H2,1-5H3,(H,23,26)(H,24,27)/t13-,14-,15+,16+,17-,18-,19-,20-,21+,22+/m1/s1. The molecule has 2 rings (SSSR count). The minimum atomic E-state index is -1.73. The number of carbonyl (C=O) groups excluding carboxylic acids is 5. The van der Waals surface area contributed by atoms with Crippen molar-refractivity contribution in [3.63, 3.8) is 0 Å². The zero-order valence-electron chi connectivity index (χ0n) is 21.5. The van der Waals surface area contributed by atoms with Gasteiger partial charge in [-0.05, 0) is 0 Å². The zero-order chi connectivity index (χ0) is 28.7. The molecule has 2 heterocycles. The van der Waals surface area contributed by atoms with Crippen LogP contribution in [0, 0.1) is 0 Å². The number of nitrogens with one attached hydrogen (secondary N) is 2. The number of amides is 2. The lowest BCUT2D eigenvalue weighted by Gasteiger charge is -2.48. The Labute approximate surface area is 217 Å². The van der Waals surface area contributed by atoms with Crippen LogP contribution < -0.4 is 10.6 Å². The Morgan fingerprint density at radius 2 is 1.29 bits per heavy atom. The van der Waals surface area contributed by atoms with E-state index in [1.165, 1.54) is 0 Å². The summed E-state index contributed by atoms with van der Waals surface area (Å²) in [6, 6.07) is -2.71. The summed E-state index contributed by atoms with van der Waals surface area (Å²) in [7, 11) is 0. The molecule has 0 saturated carbocycles. The van der Waals surface area contributed by atoms with Crippen LogP contribution in [0.3, 0.4) is 0 Å². The number of hydrogen-bond acceptors (Lipinski definition) is 14. The van der Waals surface area contributed by atoms with E-state index < -0.39 is 104 Å². The van der Waals surface area contributed by atoms with Crippen LogP contribution in [0.5, 0.6) is 0 Å². The van der Waals surface area contributed by atoms with Crippen molar-refractivity contribution in [2.24, 2.45) is 0 Å². The lowest BCUT2D eigenvalue weighted by Crippen LogP contribution is -2.70. The molecule has 16 heteroatoms. The van der Waals surface area contributed by atoms with E-state index in [0.29, 0.717) is 0 Å². The third-order valence-electron chi connectivity index (χ3n) is 5.61. The fraction of sp³-hybridized carbons (Fsp3) is 0.773. The van der Waals surface area contributed by atoms with Gasteiger partial charge < -0.3 is 54.4 Å². The number of hydrogen-bond donors (Lipinski definition) is 5. The average Bonchev–Trinajstić information content (AvgIpc) is 2.79. The molecule has 216 valence electrons. The van der Waals surface area contributed by atoms with Gasteiger partial charge in [0, 0.05) is 34.6 Å². The summed E-state index contributed by atoms with van der Waals surface area (Å²) in [5.41, 5.74) is 0. The molecule has 0 spiro atoms. The van der Waals surface area contributed by atoms with Crippen LogP contribution in [0.4, 0.5) is 0 Å². The normalized spacial score (nSPS) is 34.9. The molecule has 2 aliphatic rings. The van der Waals surface area contributed by atoms with Gasteiger partial charge in [-0.25, -0.2) is 0 Å². The molecule has 0 bridgehead atoms. The Morgan fingerprint density at radius 3 is 1.79 bits per heavy atom. The molecule has 0 aromatic rings. The van der Waals surface area contributed by atoms with Crippen LogP contribution in [0.1, 0.15) is 34.6 Å². The highest BCUT2D eigenvalue weighted by molar-refractivity contribution is 5.74. The predicted molar refractivity (Wildman–Crippen MR) is 120 cm³/mol. The number of aliphatic hydroxyl groups excluding tert-OH is 3. The second-order valence-corrected chi connectivity index (χ2v) is 8.79. The predicted octanol–water partition coefficient (Wildman–Crippen LogP) is -3.40. The van der Waals surface area contributed by atoms with Gasteiger partial charge in [-0.2, -0.15) is 0 Å². The molecule has 2 aliphatic heterocycles. The van der Waals surface area contributed by atoms with Crippen LogP contribution in [0.2, 0.25) is 0 Å². The first-order valence-electron chi connectivity index (χ1n) is 11.7. The van der Waals surface area contributed by atoms with Gasteiger partial charge >= 0.3 is 17.9 Å². The van der Waals surface area contributed by atoms with E-state index in [4.69, 9.17) is 28.4 Å². The van der Waals surface area contributed by atoms with Crippen LogP contribution in [0.15, 0.2) is 0 Å². The fourth-order valence-electron chi connectivity index (χ4n) is 4.20. The summed E-state index contributed by atoms with van der Waals surface area (Å²) in [5, 5.41) is 35.8. The minimum Gasteiger partial charge on any atom is -0.463 e. The second kappa shape index (κ2) is 13.8. The maximum Gasteiger partial charge on any atom is 0.303 e. The summed E-state index contributed by atoms with van der Waals surface area (Å²) in [6.07, 6.45) is -11.9. The van der Waals surface area contributed by atoms with E-state index in [9.17, 15) is 39.3 Å². The number of esters is 3. The molecule has 0 radical (unpaired) electrons. The first-order chi connectivity index (χ1) is 17.7. The molecule has 2 fully saturated rings. The van der Waals surface area contributed by atoms with Gasteiger partial charge in [0.05, 0.1) is 6.61 Å². The number of rotatable bonds is 9. The van der Waals surface area contributed by atoms with Crippen LogP contribution in [-0.4, -0.2) is 120 Å². The van der Waals surface area contributed by atoms with Crippen molar-refractivity contribution in [3.05, 3.63) is 0 Å². The third kappa shape index (κ3) is 8.31. The molecular weight excluding hydrogens is 516 g/mol. The Hall–Kier alpha value is -2.89. The molecule has 38 heavy (non-hydrogen) atoms. The van der Waals surface area contributed by atoms with Crippen molar-refractivity contribution < 1.29 is 67.7 Å². The van der Waals surface area contributed by atoms with E-state index in [2.05, 4.69) is 10.6 Å². The topological polar surface area (TPSA) is 225 Å². The van der Waals surface area contributed by atoms with Gasteiger partial charge in [-0.3, -0.25) is 24.0 Å². The molecule has 5 N–H and O–H groups in total. The summed E-state index contributed by atoms with van der Waals surface area (Å²) in [4.78, 5) is 59.0. The van der Waals surface area contributed by atoms with E-state index in [1.54, 1.807) is 0 Å². The van der Waals surface area contributed by atoms with Crippen molar-refractivity contribution >= 4 is 29.7 Å². The average molecular weight is 551 g/mol. The Kier molecular flexibility index (Phi) is 11.4. The van der Waals surface area contributed by atoms with Gasteiger partial charge in [0.25, 0.3) is 0 Å².